The van der Waals surface area contributed by atoms with Gasteiger partial charge in [0.1, 0.15) is 6.23 Å². The van der Waals surface area contributed by atoms with E-state index in [1.165, 1.54) is 16.8 Å². The third-order valence-corrected chi connectivity index (χ3v) is 5.14. The Morgan fingerprint density at radius 2 is 2.10 bits per heavy atom. The summed E-state index contributed by atoms with van der Waals surface area (Å²) in [6.45, 7) is 1.88. The number of rotatable bonds is 4. The maximum Gasteiger partial charge on any atom is 0.417 e. The van der Waals surface area contributed by atoms with Gasteiger partial charge in [0.05, 0.1) is 16.7 Å². The molecule has 2 heterocycles. The maximum absolute atomic E-state index is 12.9. The predicted octanol–water partition coefficient (Wildman–Crippen LogP) is 3.18. The third-order valence-electron chi connectivity index (χ3n) is 4.56. The molecule has 12 heteroatoms. The highest BCUT2D eigenvalue weighted by molar-refractivity contribution is 7.80. The quantitative estimate of drug-likeness (QED) is 0.605. The van der Waals surface area contributed by atoms with Gasteiger partial charge in [0, 0.05) is 24.0 Å². The van der Waals surface area contributed by atoms with Crippen molar-refractivity contribution < 1.29 is 17.9 Å². The number of thiocarbonyl (C=S) groups is 1. The highest BCUT2D eigenvalue weighted by Gasteiger charge is 2.33. The van der Waals surface area contributed by atoms with E-state index in [-0.39, 0.29) is 16.9 Å². The lowest BCUT2D eigenvalue weighted by Crippen LogP contribution is -2.36. The number of alkyl halides is 3. The minimum atomic E-state index is -4.57. The molecule has 0 spiro atoms. The van der Waals surface area contributed by atoms with Gasteiger partial charge in [-0.3, -0.25) is 14.3 Å². The molecule has 3 N–H and O–H groups in total. The molecular weight excluding hydrogens is 445 g/mol. The van der Waals surface area contributed by atoms with Crippen molar-refractivity contribution in [2.45, 2.75) is 38.3 Å². The molecule has 0 aliphatic carbocycles. The van der Waals surface area contributed by atoms with E-state index in [4.69, 9.17) is 28.6 Å². The van der Waals surface area contributed by atoms with Gasteiger partial charge in [-0.1, -0.05) is 11.6 Å². The molecule has 1 aliphatic rings. The Morgan fingerprint density at radius 1 is 1.37 bits per heavy atom. The number of hydrogen-bond donors (Lipinski definition) is 3. The first kappa shape index (κ1) is 22.3. The fourth-order valence-electron chi connectivity index (χ4n) is 3.04. The van der Waals surface area contributed by atoms with Crippen LogP contribution in [0, 0.1) is 6.92 Å². The number of nitrogens with zero attached hydrogens (tertiary/aromatic N) is 1. The van der Waals surface area contributed by atoms with Gasteiger partial charge < -0.3 is 15.4 Å². The van der Waals surface area contributed by atoms with Crippen molar-refractivity contribution in [2.75, 3.05) is 11.9 Å². The molecule has 3 rings (SSSR count). The molecule has 0 unspecified atom stereocenters. The minimum Gasteiger partial charge on any atom is -0.360 e. The first-order valence-corrected chi connectivity index (χ1v) is 9.72. The number of halogens is 4. The number of ether oxygens (including phenoxy) is 1. The van der Waals surface area contributed by atoms with Crippen molar-refractivity contribution in [1.29, 1.82) is 0 Å². The average Bonchev–Trinajstić information content (AvgIpc) is 3.12. The van der Waals surface area contributed by atoms with Crippen molar-refractivity contribution in [2.24, 2.45) is 0 Å². The molecule has 0 amide bonds. The summed E-state index contributed by atoms with van der Waals surface area (Å²) in [5.41, 5.74) is -1.42. The van der Waals surface area contributed by atoms with Crippen molar-refractivity contribution in [1.82, 2.24) is 14.9 Å². The predicted molar refractivity (Wildman–Crippen MR) is 110 cm³/mol. The summed E-state index contributed by atoms with van der Waals surface area (Å²) in [5, 5.41) is 5.29. The number of hydrogen-bond acceptors (Lipinski definition) is 4. The van der Waals surface area contributed by atoms with Crippen LogP contribution in [-0.2, 0) is 10.9 Å². The zero-order valence-corrected chi connectivity index (χ0v) is 17.2. The lowest BCUT2D eigenvalue weighted by Gasteiger charge is -2.18. The van der Waals surface area contributed by atoms with Crippen LogP contribution in [0.1, 0.15) is 30.2 Å². The van der Waals surface area contributed by atoms with E-state index in [0.717, 1.165) is 12.1 Å². The summed E-state index contributed by atoms with van der Waals surface area (Å²) in [6, 6.07) is 3.41. The molecule has 0 saturated carbocycles. The summed E-state index contributed by atoms with van der Waals surface area (Å²) in [5.74, 6) is 0. The number of H-pyrrole nitrogens is 1. The molecule has 1 aromatic heterocycles. The second-order valence-electron chi connectivity index (χ2n) is 6.80. The van der Waals surface area contributed by atoms with E-state index < -0.39 is 34.2 Å². The van der Waals surface area contributed by atoms with Gasteiger partial charge in [-0.2, -0.15) is 13.2 Å². The van der Waals surface area contributed by atoms with Gasteiger partial charge >= 0.3 is 11.9 Å². The van der Waals surface area contributed by atoms with Crippen LogP contribution in [-0.4, -0.2) is 27.3 Å². The number of benzene rings is 1. The second-order valence-corrected chi connectivity index (χ2v) is 7.61. The van der Waals surface area contributed by atoms with Gasteiger partial charge in [0.25, 0.3) is 5.56 Å². The van der Waals surface area contributed by atoms with E-state index >= 15 is 0 Å². The number of aromatic nitrogens is 2. The first-order chi connectivity index (χ1) is 14.0. The normalized spacial score (nSPS) is 19.0. The minimum absolute atomic E-state index is 0.120. The SMILES string of the molecule is Cc1cn([C@@H]2CC[C@@H](CNC(=S)Nc3ccc(Cl)c(C(F)(F)F)c3)O2)c(=O)[nH]c1=O. The summed E-state index contributed by atoms with van der Waals surface area (Å²) < 4.78 is 46.0. The Balaban J connectivity index is 1.56. The van der Waals surface area contributed by atoms with Gasteiger partial charge in [0.2, 0.25) is 0 Å². The molecule has 1 aromatic carbocycles. The first-order valence-electron chi connectivity index (χ1n) is 8.93. The molecule has 7 nitrogen and oxygen atoms in total. The van der Waals surface area contributed by atoms with E-state index in [2.05, 4.69) is 15.6 Å². The zero-order valence-electron chi connectivity index (χ0n) is 15.7. The highest BCUT2D eigenvalue weighted by atomic mass is 35.5. The summed E-state index contributed by atoms with van der Waals surface area (Å²) >= 11 is 10.7. The van der Waals surface area contributed by atoms with Gasteiger partial charge in [-0.05, 0) is 50.2 Å². The lowest BCUT2D eigenvalue weighted by molar-refractivity contribution is -0.137. The molecule has 162 valence electrons. The topological polar surface area (TPSA) is 88.2 Å². The van der Waals surface area contributed by atoms with Gasteiger partial charge in [-0.25, -0.2) is 4.79 Å². The van der Waals surface area contributed by atoms with Crippen LogP contribution in [0.3, 0.4) is 0 Å². The van der Waals surface area contributed by atoms with Crippen LogP contribution in [0.15, 0.2) is 34.0 Å². The number of nitrogens with one attached hydrogen (secondary N) is 3. The van der Waals surface area contributed by atoms with Crippen LogP contribution >= 0.6 is 23.8 Å². The second kappa shape index (κ2) is 8.78. The lowest BCUT2D eigenvalue weighted by atomic mass is 10.2. The van der Waals surface area contributed by atoms with Crippen LogP contribution in [0.2, 0.25) is 5.02 Å². The molecular formula is C18H18ClF3N4O3S. The Bertz CT molecular complexity index is 1070. The number of aryl methyl sites for hydroxylation is 1. The molecule has 30 heavy (non-hydrogen) atoms. The molecule has 2 aromatic rings. The van der Waals surface area contributed by atoms with Crippen LogP contribution in [0.4, 0.5) is 18.9 Å². The fraction of sp³-hybridized carbons (Fsp3) is 0.389. The molecule has 1 fully saturated rings. The van der Waals surface area contributed by atoms with Crippen molar-refractivity contribution in [3.05, 3.63) is 61.4 Å². The smallest absolute Gasteiger partial charge is 0.360 e. The van der Waals surface area contributed by atoms with E-state index in [0.29, 0.717) is 24.9 Å². The molecule has 0 radical (unpaired) electrons. The van der Waals surface area contributed by atoms with Crippen LogP contribution < -0.4 is 21.9 Å². The average molecular weight is 463 g/mol. The largest absolute Gasteiger partial charge is 0.417 e. The highest BCUT2D eigenvalue weighted by Crippen LogP contribution is 2.36. The summed E-state index contributed by atoms with van der Waals surface area (Å²) in [6.07, 6.45) is -2.73. The van der Waals surface area contributed by atoms with Crippen LogP contribution in [0.5, 0.6) is 0 Å². The van der Waals surface area contributed by atoms with Crippen molar-refractivity contribution in [3.63, 3.8) is 0 Å². The third kappa shape index (κ3) is 5.21. The molecule has 1 aliphatic heterocycles. The Hall–Kier alpha value is -2.37. The van der Waals surface area contributed by atoms with Crippen molar-refractivity contribution >= 4 is 34.6 Å². The van der Waals surface area contributed by atoms with E-state index in [1.54, 1.807) is 6.92 Å². The van der Waals surface area contributed by atoms with Crippen LogP contribution in [0.25, 0.3) is 0 Å². The van der Waals surface area contributed by atoms with E-state index in [9.17, 15) is 22.8 Å². The molecule has 2 atom stereocenters. The molecule has 0 bridgehead atoms. The number of anilines is 1. The van der Waals surface area contributed by atoms with E-state index in [1.807, 2.05) is 0 Å². The molecule has 1 saturated heterocycles. The summed E-state index contributed by atoms with van der Waals surface area (Å²) in [7, 11) is 0. The summed E-state index contributed by atoms with van der Waals surface area (Å²) in [4.78, 5) is 25.7. The maximum atomic E-state index is 12.9. The van der Waals surface area contributed by atoms with Gasteiger partial charge in [0.15, 0.2) is 5.11 Å². The Labute approximate surface area is 179 Å². The monoisotopic (exact) mass is 462 g/mol. The Morgan fingerprint density at radius 3 is 2.80 bits per heavy atom. The fourth-order valence-corrected chi connectivity index (χ4v) is 3.47. The zero-order chi connectivity index (χ0) is 22.1. The van der Waals surface area contributed by atoms with Crippen molar-refractivity contribution in [3.8, 4) is 0 Å². The van der Waals surface area contributed by atoms with Gasteiger partial charge in [-0.15, -0.1) is 0 Å². The standard InChI is InChI=1S/C18H18ClF3N4O3S/c1-9-8-26(17(28)25-15(9)27)14-5-3-11(29-14)7-23-16(30)24-10-2-4-13(19)12(6-10)18(20,21)22/h2,4,6,8,11,14H,3,5,7H2,1H3,(H2,23,24,30)(H,25,27,28)/t11-,14-/m0/s1. The Kier molecular flexibility index (Phi) is 6.53. The number of aromatic amines is 1.